The average Bonchev–Trinajstić information content (AvgIpc) is 1.49. The van der Waals surface area contributed by atoms with Crippen LogP contribution in [0.25, 0.3) is 133 Å². The van der Waals surface area contributed by atoms with Gasteiger partial charge in [-0.2, -0.15) is 0 Å². The zero-order chi connectivity index (χ0) is 68.7. The third-order valence-corrected chi connectivity index (χ3v) is 20.7. The van der Waals surface area contributed by atoms with E-state index in [1.165, 1.54) is 72.8 Å². The van der Waals surface area contributed by atoms with E-state index < -0.39 is 60.1 Å². The summed E-state index contributed by atoms with van der Waals surface area (Å²) in [6.45, 7) is 0. The van der Waals surface area contributed by atoms with Gasteiger partial charge in [-0.1, -0.05) is 97.1 Å². The third kappa shape index (κ3) is 13.6. The van der Waals surface area contributed by atoms with Gasteiger partial charge in [-0.25, -0.2) is 63.6 Å². The number of aromatic amines is 2. The Morgan fingerprint density at radius 3 is 0.904 bits per heavy atom. The average molecular weight is 1490 g/mol. The Hall–Kier alpha value is -8.12. The monoisotopic (exact) mass is 1490 g/mol. The van der Waals surface area contributed by atoms with E-state index in [1.54, 1.807) is 146 Å². The van der Waals surface area contributed by atoms with E-state index in [0.29, 0.717) is 71.3 Å². The zero-order valence-electron chi connectivity index (χ0n) is 54.6. The van der Waals surface area contributed by atoms with Crippen molar-refractivity contribution in [2.45, 2.75) is 19.6 Å². The third-order valence-electron chi connectivity index (χ3n) is 17.1. The van der Waals surface area contributed by atoms with E-state index in [4.69, 9.17) is 48.9 Å². The normalized spacial score (nSPS) is 12.0. The van der Waals surface area contributed by atoms with E-state index >= 15 is 0 Å². The summed E-state index contributed by atoms with van der Waals surface area (Å²) in [6.07, 6.45) is 0. The quantitative estimate of drug-likeness (QED) is 0.131. The molecule has 104 heavy (non-hydrogen) atoms. The number of nitrogens with zero attached hydrogens (tertiary/aromatic N) is 6. The summed E-state index contributed by atoms with van der Waals surface area (Å²) in [6, 6.07) is 56.3. The minimum absolute atomic E-state index is 0. The standard InChI is InChI=1S/C72H42N8O16S4.4Na/c81-97(82,83)61-29-25-57(41-9-1-5-13-45(41)61)93-37-17-21-49-53(33-37)69-73-65(49)78-70-55-35-39(95-59-27-31-63(99(87,88)89)47-15-7-3-11-43(47)59)19-23-51(55)67(75-70)80-72-56-36-40(96-60-28-32-64(100(90,91)92)48-16-8-4-12-44(48)60)20-24-52(56)68(76-72)79-71-54-34-38(18-22-50(54)66(74-71)77-69)94-58-26-30-62(98(84,85)86)46-14-6-2-10-42(46)58;;;;/h1-36H,(H,81,82,83)(H,84,85,86)(H,87,88,89)(H,90,91,92)(H2,73,74,75,76,77,78,79,80);;;;/q;4*+1/p-4. The number of H-pyrrole nitrogens is 2. The van der Waals surface area contributed by atoms with Gasteiger partial charge in [0.15, 0.2) is 29.1 Å². The van der Waals surface area contributed by atoms with Crippen molar-refractivity contribution in [1.29, 1.82) is 0 Å². The fraction of sp³-hybridized carbons (Fsp3) is 0. The fourth-order valence-electron chi connectivity index (χ4n) is 12.7. The molecule has 0 saturated carbocycles. The molecule has 3 aliphatic rings. The smallest absolute Gasteiger partial charge is 0.744 e. The van der Waals surface area contributed by atoms with Gasteiger partial charge in [0, 0.05) is 87.2 Å². The molecule has 490 valence electrons. The first-order valence-electron chi connectivity index (χ1n) is 30.0. The van der Waals surface area contributed by atoms with Gasteiger partial charge in [-0.3, -0.25) is 0 Å². The van der Waals surface area contributed by atoms with Crippen LogP contribution in [0, 0.1) is 0 Å². The molecule has 12 aromatic carbocycles. The van der Waals surface area contributed by atoms with Crippen molar-refractivity contribution < 1.29 is 189 Å². The number of ether oxygens (including phenoxy) is 4. The van der Waals surface area contributed by atoms with E-state index in [9.17, 15) is 51.9 Å². The van der Waals surface area contributed by atoms with Crippen LogP contribution in [-0.2, 0) is 40.5 Å². The molecule has 0 atom stereocenters. The van der Waals surface area contributed by atoms with E-state index in [2.05, 4.69) is 9.97 Å². The fourth-order valence-corrected chi connectivity index (χ4v) is 15.4. The molecule has 0 radical (unpaired) electrons. The van der Waals surface area contributed by atoms with Gasteiger partial charge in [0.1, 0.15) is 104 Å². The first-order valence-corrected chi connectivity index (χ1v) is 35.7. The number of hydrogen-bond acceptors (Lipinski definition) is 22. The van der Waals surface area contributed by atoms with Gasteiger partial charge in [0.05, 0.1) is 19.6 Å². The summed E-state index contributed by atoms with van der Waals surface area (Å²) in [7, 11) is -19.6. The van der Waals surface area contributed by atoms with E-state index in [0.717, 1.165) is 0 Å². The van der Waals surface area contributed by atoms with Gasteiger partial charge in [-0.05, 0) is 121 Å². The summed E-state index contributed by atoms with van der Waals surface area (Å²) < 4.78 is 175. The second-order valence-corrected chi connectivity index (χ2v) is 28.5. The molecule has 0 fully saturated rings. The van der Waals surface area contributed by atoms with Crippen LogP contribution >= 0.6 is 0 Å². The number of nitrogens with one attached hydrogen (secondary N) is 2. The Kier molecular flexibility index (Phi) is 20.2. The number of aromatic nitrogens is 8. The van der Waals surface area contributed by atoms with Gasteiger partial charge in [-0.15, -0.1) is 0 Å². The van der Waals surface area contributed by atoms with Crippen molar-refractivity contribution in [3.05, 3.63) is 218 Å². The van der Waals surface area contributed by atoms with Crippen molar-refractivity contribution in [2.24, 2.45) is 0 Å². The minimum atomic E-state index is -4.89. The molecular weight excluding hydrogens is 1450 g/mol. The first kappa shape index (κ1) is 74.2. The molecule has 14 aromatic rings. The van der Waals surface area contributed by atoms with Crippen LogP contribution < -0.4 is 137 Å². The molecule has 17 rings (SSSR count). The van der Waals surface area contributed by atoms with Gasteiger partial charge >= 0.3 is 118 Å². The van der Waals surface area contributed by atoms with Crippen LogP contribution in [-0.4, -0.2) is 91.8 Å². The van der Waals surface area contributed by atoms with Crippen LogP contribution in [0.3, 0.4) is 0 Å². The number of fused-ring (bicyclic) bond motifs is 24. The maximum absolute atomic E-state index is 12.4. The molecule has 0 saturated heterocycles. The van der Waals surface area contributed by atoms with Crippen LogP contribution in [0.5, 0.6) is 46.0 Å². The Labute approximate surface area is 678 Å². The van der Waals surface area contributed by atoms with Crippen LogP contribution in [0.2, 0.25) is 0 Å². The summed E-state index contributed by atoms with van der Waals surface area (Å²) in [5, 5.41) is 2.95. The van der Waals surface area contributed by atoms with Crippen molar-refractivity contribution in [1.82, 2.24) is 39.9 Å². The number of benzene rings is 12. The van der Waals surface area contributed by atoms with E-state index in [-0.39, 0.29) is 226 Å². The van der Waals surface area contributed by atoms with Crippen LogP contribution in [0.4, 0.5) is 0 Å². The molecule has 0 amide bonds. The predicted molar refractivity (Wildman–Crippen MR) is 362 cm³/mol. The second-order valence-electron chi connectivity index (χ2n) is 23.1. The maximum Gasteiger partial charge on any atom is 1.00 e. The minimum Gasteiger partial charge on any atom is -0.744 e. The summed E-state index contributed by atoms with van der Waals surface area (Å²) >= 11 is 0. The largest absolute Gasteiger partial charge is 1.00 e. The molecule has 32 heteroatoms. The Morgan fingerprint density at radius 1 is 0.260 bits per heavy atom. The topological polar surface area (TPSA) is 375 Å². The van der Waals surface area contributed by atoms with Crippen molar-refractivity contribution in [3.63, 3.8) is 0 Å². The number of hydrogen-bond donors (Lipinski definition) is 2. The molecule has 3 aliphatic heterocycles. The van der Waals surface area contributed by atoms with E-state index in [1.807, 2.05) is 0 Å². The molecule has 5 heterocycles. The molecule has 2 aromatic heterocycles. The van der Waals surface area contributed by atoms with Crippen molar-refractivity contribution in [2.75, 3.05) is 0 Å². The van der Waals surface area contributed by atoms with Crippen LogP contribution in [0.1, 0.15) is 0 Å². The maximum atomic E-state index is 12.4. The summed E-state index contributed by atoms with van der Waals surface area (Å²) in [5.41, 5.74) is 3.16. The second kappa shape index (κ2) is 28.3. The molecule has 0 spiro atoms. The summed E-state index contributed by atoms with van der Waals surface area (Å²) in [5.74, 6) is 2.70. The molecule has 2 N–H and O–H groups in total. The summed E-state index contributed by atoms with van der Waals surface area (Å²) in [4.78, 5) is 36.1. The predicted octanol–water partition coefficient (Wildman–Crippen LogP) is 2.19. The molecule has 24 nitrogen and oxygen atoms in total. The zero-order valence-corrected chi connectivity index (χ0v) is 65.9. The van der Waals surface area contributed by atoms with Gasteiger partial charge < -0.3 is 47.1 Å². The Balaban J connectivity index is 0.00000240. The van der Waals surface area contributed by atoms with Crippen molar-refractivity contribution in [3.8, 4) is 114 Å². The molecule has 8 bridgehead atoms. The molecule has 0 aliphatic carbocycles. The first-order chi connectivity index (χ1) is 48.0. The Morgan fingerprint density at radius 2 is 0.548 bits per heavy atom. The van der Waals surface area contributed by atoms with Gasteiger partial charge in [0.2, 0.25) is 0 Å². The molecule has 0 unspecified atom stereocenters. The molecular formula is C72H38N8Na4O16S4. The SMILES string of the molecule is O=S(=O)([O-])c1ccc(Oc2ccc3c(c2)-c2nc4nc(nc5[nH]c([nH]c6nc(nc-3n2)-c2cc(Oc3ccc(S(=O)(=O)[O-])c7ccccc37)ccc2-6)c2cc(Oc3ccc(S(=O)(=O)[O-])c6ccccc36)ccc52)-c2cc(Oc3ccc(S(=O)(=O)[O-])c5ccccc35)ccc2-4)c2ccccc12.[Na+].[Na+].[Na+].[Na+]. The Bertz CT molecular complexity index is 6730. The van der Waals surface area contributed by atoms with Crippen LogP contribution in [0.15, 0.2) is 238 Å². The number of rotatable bonds is 12. The van der Waals surface area contributed by atoms with Gasteiger partial charge in [0.25, 0.3) is 0 Å². The van der Waals surface area contributed by atoms with Crippen molar-refractivity contribution >= 4 is 106 Å².